The maximum absolute atomic E-state index is 13.4. The zero-order chi connectivity index (χ0) is 14.4. The van der Waals surface area contributed by atoms with Crippen molar-refractivity contribution >= 4 is 12.1 Å². The van der Waals surface area contributed by atoms with Crippen LogP contribution in [0.5, 0.6) is 0 Å². The van der Waals surface area contributed by atoms with Crippen LogP contribution < -0.4 is 5.32 Å². The number of hydrogen-bond donors (Lipinski definition) is 2. The van der Waals surface area contributed by atoms with E-state index in [1.54, 1.807) is 0 Å². The van der Waals surface area contributed by atoms with Crippen LogP contribution in [0, 0.1) is 11.6 Å². The third-order valence-corrected chi connectivity index (χ3v) is 2.11. The van der Waals surface area contributed by atoms with Crippen molar-refractivity contribution in [2.45, 2.75) is 6.04 Å². The van der Waals surface area contributed by atoms with Crippen LogP contribution in [0.25, 0.3) is 0 Å². The molecule has 2 N–H and O–H groups in total. The molecule has 0 saturated carbocycles. The molecule has 1 rings (SSSR count). The number of amides is 1. The van der Waals surface area contributed by atoms with Crippen molar-refractivity contribution in [3.8, 4) is 0 Å². The van der Waals surface area contributed by atoms with Crippen LogP contribution in [0.2, 0.25) is 0 Å². The molecule has 0 aliphatic carbocycles. The summed E-state index contributed by atoms with van der Waals surface area (Å²) >= 11 is 0. The summed E-state index contributed by atoms with van der Waals surface area (Å²) < 4.78 is 31.0. The topological polar surface area (TPSA) is 75.6 Å². The van der Waals surface area contributed by atoms with Crippen LogP contribution in [0.1, 0.15) is 11.6 Å². The summed E-state index contributed by atoms with van der Waals surface area (Å²) in [5.41, 5.74) is -0.497. The molecule has 102 valence electrons. The number of carbonyl (C=O) groups excluding carboxylic acids is 1. The standard InChI is InChI=1S/C12H11F2NO4/c1-2-5-19-12(18)15-10(11(16)17)8-6-7(13)3-4-9(8)14/h2-4,6,10H,1,5H2,(H,15,18)(H,16,17). The van der Waals surface area contributed by atoms with Crippen molar-refractivity contribution in [3.05, 3.63) is 48.1 Å². The van der Waals surface area contributed by atoms with Crippen molar-refractivity contribution < 1.29 is 28.2 Å². The van der Waals surface area contributed by atoms with Gasteiger partial charge in [-0.05, 0) is 18.2 Å². The van der Waals surface area contributed by atoms with Crippen molar-refractivity contribution in [1.29, 1.82) is 0 Å². The summed E-state index contributed by atoms with van der Waals surface area (Å²) in [4.78, 5) is 22.2. The number of aliphatic carboxylic acids is 1. The Morgan fingerprint density at radius 2 is 2.16 bits per heavy atom. The van der Waals surface area contributed by atoms with Gasteiger partial charge in [-0.25, -0.2) is 18.4 Å². The lowest BCUT2D eigenvalue weighted by molar-refractivity contribution is -0.139. The lowest BCUT2D eigenvalue weighted by Crippen LogP contribution is -2.34. The fourth-order valence-electron chi connectivity index (χ4n) is 1.30. The molecule has 0 aromatic heterocycles. The van der Waals surface area contributed by atoms with E-state index in [9.17, 15) is 18.4 Å². The minimum absolute atomic E-state index is 0.135. The summed E-state index contributed by atoms with van der Waals surface area (Å²) in [7, 11) is 0. The first-order valence-electron chi connectivity index (χ1n) is 5.17. The zero-order valence-electron chi connectivity index (χ0n) is 9.73. The molecule has 1 atom stereocenters. The molecule has 0 aliphatic rings. The van der Waals surface area contributed by atoms with Gasteiger partial charge in [-0.15, -0.1) is 0 Å². The predicted octanol–water partition coefficient (Wildman–Crippen LogP) is 2.00. The van der Waals surface area contributed by atoms with E-state index in [0.717, 1.165) is 12.1 Å². The fourth-order valence-corrected chi connectivity index (χ4v) is 1.30. The Kier molecular flexibility index (Phi) is 4.99. The summed E-state index contributed by atoms with van der Waals surface area (Å²) in [5.74, 6) is -3.30. The predicted molar refractivity (Wildman–Crippen MR) is 61.4 cm³/mol. The molecule has 0 saturated heterocycles. The van der Waals surface area contributed by atoms with Gasteiger partial charge in [-0.3, -0.25) is 0 Å². The van der Waals surface area contributed by atoms with Crippen LogP contribution in [-0.2, 0) is 9.53 Å². The first-order valence-corrected chi connectivity index (χ1v) is 5.17. The van der Waals surface area contributed by atoms with E-state index in [1.807, 2.05) is 5.32 Å². The number of benzene rings is 1. The van der Waals surface area contributed by atoms with E-state index in [-0.39, 0.29) is 6.61 Å². The highest BCUT2D eigenvalue weighted by Crippen LogP contribution is 2.19. The van der Waals surface area contributed by atoms with E-state index in [0.29, 0.717) is 6.07 Å². The van der Waals surface area contributed by atoms with Gasteiger partial charge in [-0.2, -0.15) is 0 Å². The molecule has 7 heteroatoms. The molecule has 1 aromatic rings. The van der Waals surface area contributed by atoms with Gasteiger partial charge in [0.1, 0.15) is 18.2 Å². The Morgan fingerprint density at radius 3 is 2.74 bits per heavy atom. The molecule has 1 unspecified atom stereocenters. The minimum Gasteiger partial charge on any atom is -0.479 e. The fraction of sp³-hybridized carbons (Fsp3) is 0.167. The average molecular weight is 271 g/mol. The molecule has 0 spiro atoms. The number of carboxylic acids is 1. The maximum atomic E-state index is 13.4. The lowest BCUT2D eigenvalue weighted by Gasteiger charge is -2.15. The van der Waals surface area contributed by atoms with Gasteiger partial charge in [0.25, 0.3) is 0 Å². The second kappa shape index (κ2) is 6.48. The number of alkyl carbamates (subject to hydrolysis) is 1. The molecule has 1 aromatic carbocycles. The smallest absolute Gasteiger partial charge is 0.408 e. The largest absolute Gasteiger partial charge is 0.479 e. The highest BCUT2D eigenvalue weighted by atomic mass is 19.1. The minimum atomic E-state index is -1.74. The summed E-state index contributed by atoms with van der Waals surface area (Å²) in [6.45, 7) is 3.16. The number of ether oxygens (including phenoxy) is 1. The summed E-state index contributed by atoms with van der Waals surface area (Å²) in [5, 5.41) is 10.9. The average Bonchev–Trinajstić information content (AvgIpc) is 2.36. The molecule has 0 radical (unpaired) electrons. The van der Waals surface area contributed by atoms with Crippen LogP contribution in [0.15, 0.2) is 30.9 Å². The van der Waals surface area contributed by atoms with Gasteiger partial charge in [0.05, 0.1) is 0 Å². The summed E-state index contributed by atoms with van der Waals surface area (Å²) in [6, 6.07) is 0.570. The Hall–Kier alpha value is -2.44. The van der Waals surface area contributed by atoms with Crippen molar-refractivity contribution in [3.63, 3.8) is 0 Å². The van der Waals surface area contributed by atoms with E-state index < -0.39 is 35.3 Å². The lowest BCUT2D eigenvalue weighted by atomic mass is 10.1. The molecular formula is C12H11F2NO4. The molecular weight excluding hydrogens is 260 g/mol. The molecule has 0 heterocycles. The van der Waals surface area contributed by atoms with Crippen LogP contribution >= 0.6 is 0 Å². The maximum Gasteiger partial charge on any atom is 0.408 e. The number of halogens is 2. The number of carboxylic acid groups (broad SMARTS) is 1. The molecule has 1 amide bonds. The van der Waals surface area contributed by atoms with E-state index in [1.165, 1.54) is 6.08 Å². The van der Waals surface area contributed by atoms with Gasteiger partial charge in [0.2, 0.25) is 0 Å². The Balaban J connectivity index is 2.94. The van der Waals surface area contributed by atoms with Gasteiger partial charge in [0, 0.05) is 5.56 Å². The second-order valence-electron chi connectivity index (χ2n) is 3.47. The Labute approximate surface area is 107 Å². The number of rotatable bonds is 5. The molecule has 5 nitrogen and oxygen atoms in total. The molecule has 0 aliphatic heterocycles. The second-order valence-corrected chi connectivity index (χ2v) is 3.47. The van der Waals surface area contributed by atoms with E-state index in [4.69, 9.17) is 5.11 Å². The number of hydrogen-bond acceptors (Lipinski definition) is 3. The first-order chi connectivity index (χ1) is 8.95. The zero-order valence-corrected chi connectivity index (χ0v) is 9.73. The summed E-state index contributed by atoms with van der Waals surface area (Å²) in [6.07, 6.45) is 0.203. The van der Waals surface area contributed by atoms with Crippen molar-refractivity contribution in [2.75, 3.05) is 6.61 Å². The quantitative estimate of drug-likeness (QED) is 0.803. The molecule has 0 bridgehead atoms. The van der Waals surface area contributed by atoms with Crippen molar-refractivity contribution in [2.24, 2.45) is 0 Å². The molecule has 0 fully saturated rings. The van der Waals surface area contributed by atoms with Gasteiger partial charge >= 0.3 is 12.1 Å². The number of carbonyl (C=O) groups is 2. The van der Waals surface area contributed by atoms with Gasteiger partial charge < -0.3 is 15.2 Å². The van der Waals surface area contributed by atoms with Gasteiger partial charge in [-0.1, -0.05) is 12.7 Å². The Bertz CT molecular complexity index is 505. The highest BCUT2D eigenvalue weighted by Gasteiger charge is 2.26. The van der Waals surface area contributed by atoms with Crippen LogP contribution in [0.3, 0.4) is 0 Å². The first kappa shape index (κ1) is 14.6. The SMILES string of the molecule is C=CCOC(=O)NC(C(=O)O)c1cc(F)ccc1F. The molecule has 19 heavy (non-hydrogen) atoms. The van der Waals surface area contributed by atoms with Crippen molar-refractivity contribution in [1.82, 2.24) is 5.32 Å². The van der Waals surface area contributed by atoms with Crippen LogP contribution in [0.4, 0.5) is 13.6 Å². The Morgan fingerprint density at radius 1 is 1.47 bits per heavy atom. The third kappa shape index (κ3) is 4.06. The third-order valence-electron chi connectivity index (χ3n) is 2.11. The van der Waals surface area contributed by atoms with E-state index >= 15 is 0 Å². The monoisotopic (exact) mass is 271 g/mol. The normalized spacial score (nSPS) is 11.5. The highest BCUT2D eigenvalue weighted by molar-refractivity contribution is 5.81. The van der Waals surface area contributed by atoms with Gasteiger partial charge in [0.15, 0.2) is 6.04 Å². The number of nitrogens with one attached hydrogen (secondary N) is 1. The van der Waals surface area contributed by atoms with Crippen LogP contribution in [-0.4, -0.2) is 23.8 Å². The van der Waals surface area contributed by atoms with E-state index in [2.05, 4.69) is 11.3 Å².